The number of piperazine rings is 1. The molecule has 3 rings (SSSR count). The first kappa shape index (κ1) is 17.7. The molecule has 2 fully saturated rings. The second-order valence-electron chi connectivity index (χ2n) is 6.91. The topological polar surface area (TPSA) is 84.7 Å². The third-order valence-electron chi connectivity index (χ3n) is 5.66. The Hall–Kier alpha value is -2.08. The number of amides is 2. The van der Waals surface area contributed by atoms with Crippen LogP contribution >= 0.6 is 0 Å². The van der Waals surface area contributed by atoms with Crippen LogP contribution in [0, 0.1) is 5.92 Å². The molecule has 1 saturated heterocycles. The molecule has 3 N–H and O–H groups in total. The van der Waals surface area contributed by atoms with E-state index in [-0.39, 0.29) is 5.91 Å². The standard InChI is InChI=1S/C19H27N3O3/c1-25-16-8-3-2-6-14(16)19(18(20)24)9-5-4-7-15(19)17(23)22-12-10-21-11-13-22/h2-3,6,8,15,21H,4-5,7,9-13H2,1H3,(H2,20,24). The van der Waals surface area contributed by atoms with Gasteiger partial charge in [-0.05, 0) is 18.9 Å². The Morgan fingerprint density at radius 2 is 1.96 bits per heavy atom. The molecule has 2 unspecified atom stereocenters. The van der Waals surface area contributed by atoms with Gasteiger partial charge in [0.2, 0.25) is 11.8 Å². The fraction of sp³-hybridized carbons (Fsp3) is 0.579. The number of nitrogens with two attached hydrogens (primary N) is 1. The molecule has 6 heteroatoms. The molecule has 0 radical (unpaired) electrons. The Morgan fingerprint density at radius 3 is 2.64 bits per heavy atom. The molecular formula is C19H27N3O3. The van der Waals surface area contributed by atoms with Crippen molar-refractivity contribution in [2.24, 2.45) is 11.7 Å². The van der Waals surface area contributed by atoms with Crippen LogP contribution in [0.5, 0.6) is 5.75 Å². The highest BCUT2D eigenvalue weighted by atomic mass is 16.5. The van der Waals surface area contributed by atoms with Crippen LogP contribution < -0.4 is 15.8 Å². The Bertz CT molecular complexity index is 643. The van der Waals surface area contributed by atoms with E-state index in [0.717, 1.165) is 31.5 Å². The second kappa shape index (κ2) is 7.44. The number of methoxy groups -OCH3 is 1. The summed E-state index contributed by atoms with van der Waals surface area (Å²) in [5.74, 6) is -0.175. The molecule has 1 heterocycles. The maximum absolute atomic E-state index is 13.3. The van der Waals surface area contributed by atoms with Crippen molar-refractivity contribution in [2.45, 2.75) is 31.1 Å². The normalized spacial score (nSPS) is 26.9. The van der Waals surface area contributed by atoms with E-state index < -0.39 is 17.2 Å². The predicted octanol–water partition coefficient (Wildman–Crippen LogP) is 1.04. The lowest BCUT2D eigenvalue weighted by Gasteiger charge is -2.44. The van der Waals surface area contributed by atoms with Crippen LogP contribution in [0.1, 0.15) is 31.2 Å². The van der Waals surface area contributed by atoms with Crippen molar-refractivity contribution in [3.05, 3.63) is 29.8 Å². The van der Waals surface area contributed by atoms with Crippen molar-refractivity contribution < 1.29 is 14.3 Å². The number of para-hydroxylation sites is 1. The number of carbonyl (C=O) groups excluding carboxylic acids is 2. The Morgan fingerprint density at radius 1 is 1.24 bits per heavy atom. The van der Waals surface area contributed by atoms with E-state index in [4.69, 9.17) is 10.5 Å². The van der Waals surface area contributed by atoms with Crippen molar-refractivity contribution in [1.29, 1.82) is 0 Å². The number of nitrogens with one attached hydrogen (secondary N) is 1. The van der Waals surface area contributed by atoms with E-state index in [0.29, 0.717) is 31.7 Å². The number of benzene rings is 1. The quantitative estimate of drug-likeness (QED) is 0.854. The minimum Gasteiger partial charge on any atom is -0.496 e. The number of hydrogen-bond acceptors (Lipinski definition) is 4. The van der Waals surface area contributed by atoms with Crippen LogP contribution in [0.25, 0.3) is 0 Å². The molecule has 1 aliphatic carbocycles. The SMILES string of the molecule is COc1ccccc1C1(C(N)=O)CCCCC1C(=O)N1CCNCC1. The van der Waals surface area contributed by atoms with Gasteiger partial charge < -0.3 is 20.7 Å². The van der Waals surface area contributed by atoms with E-state index in [1.807, 2.05) is 29.2 Å². The largest absolute Gasteiger partial charge is 0.496 e. The molecule has 1 aromatic carbocycles. The molecule has 1 aromatic rings. The summed E-state index contributed by atoms with van der Waals surface area (Å²) in [5.41, 5.74) is 5.69. The van der Waals surface area contributed by atoms with Crippen LogP contribution in [0.2, 0.25) is 0 Å². The second-order valence-corrected chi connectivity index (χ2v) is 6.91. The predicted molar refractivity (Wildman–Crippen MR) is 95.3 cm³/mol. The first-order chi connectivity index (χ1) is 12.1. The fourth-order valence-electron chi connectivity index (χ4n) is 4.38. The third-order valence-corrected chi connectivity index (χ3v) is 5.66. The van der Waals surface area contributed by atoms with Gasteiger partial charge >= 0.3 is 0 Å². The molecule has 6 nitrogen and oxygen atoms in total. The Kier molecular flexibility index (Phi) is 5.27. The van der Waals surface area contributed by atoms with Gasteiger partial charge in [0.05, 0.1) is 18.4 Å². The van der Waals surface area contributed by atoms with Gasteiger partial charge in [0.15, 0.2) is 0 Å². The maximum atomic E-state index is 13.3. The number of primary amides is 1. The van der Waals surface area contributed by atoms with Crippen LogP contribution in [-0.4, -0.2) is 50.0 Å². The Balaban J connectivity index is 2.05. The van der Waals surface area contributed by atoms with Gasteiger partial charge in [-0.15, -0.1) is 0 Å². The van der Waals surface area contributed by atoms with E-state index >= 15 is 0 Å². The first-order valence-corrected chi connectivity index (χ1v) is 9.04. The first-order valence-electron chi connectivity index (χ1n) is 9.04. The molecule has 2 aliphatic rings. The average Bonchev–Trinajstić information content (AvgIpc) is 2.67. The molecule has 2 atom stereocenters. The van der Waals surface area contributed by atoms with Gasteiger partial charge in [0, 0.05) is 31.7 Å². The fourth-order valence-corrected chi connectivity index (χ4v) is 4.38. The maximum Gasteiger partial charge on any atom is 0.229 e. The summed E-state index contributed by atoms with van der Waals surface area (Å²) in [6.45, 7) is 2.93. The minimum atomic E-state index is -0.993. The van der Waals surface area contributed by atoms with Gasteiger partial charge in [0.1, 0.15) is 5.75 Å². The van der Waals surface area contributed by atoms with Crippen LogP contribution in [0.15, 0.2) is 24.3 Å². The highest BCUT2D eigenvalue weighted by Gasteiger charge is 2.52. The highest BCUT2D eigenvalue weighted by Crippen LogP contribution is 2.47. The lowest BCUT2D eigenvalue weighted by molar-refractivity contribution is -0.145. The molecule has 1 saturated carbocycles. The summed E-state index contributed by atoms with van der Waals surface area (Å²) in [7, 11) is 1.59. The summed E-state index contributed by atoms with van der Waals surface area (Å²) in [5, 5.41) is 3.26. The van der Waals surface area contributed by atoms with Gasteiger partial charge in [0.25, 0.3) is 0 Å². The zero-order chi connectivity index (χ0) is 17.9. The van der Waals surface area contributed by atoms with Gasteiger partial charge in [-0.3, -0.25) is 9.59 Å². The lowest BCUT2D eigenvalue weighted by Crippen LogP contribution is -2.57. The summed E-state index contributed by atoms with van der Waals surface area (Å²) in [6.07, 6.45) is 3.09. The lowest BCUT2D eigenvalue weighted by atomic mass is 9.61. The summed E-state index contributed by atoms with van der Waals surface area (Å²) in [6, 6.07) is 7.46. The third kappa shape index (κ3) is 3.11. The van der Waals surface area contributed by atoms with Gasteiger partial charge in [-0.1, -0.05) is 31.0 Å². The molecule has 136 valence electrons. The average molecular weight is 345 g/mol. The molecule has 25 heavy (non-hydrogen) atoms. The summed E-state index contributed by atoms with van der Waals surface area (Å²) in [4.78, 5) is 27.9. The number of ether oxygens (including phenoxy) is 1. The van der Waals surface area contributed by atoms with Crippen molar-refractivity contribution in [1.82, 2.24) is 10.2 Å². The summed E-state index contributed by atoms with van der Waals surface area (Å²) >= 11 is 0. The number of carbonyl (C=O) groups is 2. The van der Waals surface area contributed by atoms with Crippen molar-refractivity contribution in [3.8, 4) is 5.75 Å². The van der Waals surface area contributed by atoms with Crippen LogP contribution in [0.4, 0.5) is 0 Å². The van der Waals surface area contributed by atoms with Crippen molar-refractivity contribution >= 4 is 11.8 Å². The van der Waals surface area contributed by atoms with Gasteiger partial charge in [-0.25, -0.2) is 0 Å². The molecule has 0 spiro atoms. The van der Waals surface area contributed by atoms with Crippen molar-refractivity contribution in [3.63, 3.8) is 0 Å². The molecule has 2 amide bonds. The molecule has 0 aromatic heterocycles. The number of hydrogen-bond donors (Lipinski definition) is 2. The van der Waals surface area contributed by atoms with E-state index in [9.17, 15) is 9.59 Å². The molecule has 1 aliphatic heterocycles. The van der Waals surface area contributed by atoms with Crippen LogP contribution in [-0.2, 0) is 15.0 Å². The van der Waals surface area contributed by atoms with Gasteiger partial charge in [-0.2, -0.15) is 0 Å². The summed E-state index contributed by atoms with van der Waals surface area (Å²) < 4.78 is 5.50. The minimum absolute atomic E-state index is 0.0471. The molecule has 0 bridgehead atoms. The number of nitrogens with zero attached hydrogens (tertiary/aromatic N) is 1. The van der Waals surface area contributed by atoms with E-state index in [2.05, 4.69) is 5.32 Å². The Labute approximate surface area is 148 Å². The monoisotopic (exact) mass is 345 g/mol. The van der Waals surface area contributed by atoms with E-state index in [1.165, 1.54) is 0 Å². The molecular weight excluding hydrogens is 318 g/mol. The zero-order valence-corrected chi connectivity index (χ0v) is 14.8. The van der Waals surface area contributed by atoms with E-state index in [1.54, 1.807) is 7.11 Å². The zero-order valence-electron chi connectivity index (χ0n) is 14.8. The van der Waals surface area contributed by atoms with Crippen molar-refractivity contribution in [2.75, 3.05) is 33.3 Å². The highest BCUT2D eigenvalue weighted by molar-refractivity contribution is 5.95. The number of rotatable bonds is 4. The smallest absolute Gasteiger partial charge is 0.229 e. The van der Waals surface area contributed by atoms with Crippen LogP contribution in [0.3, 0.4) is 0 Å².